The predicted molar refractivity (Wildman–Crippen MR) is 42.1 cm³/mol. The fourth-order valence-electron chi connectivity index (χ4n) is 0.321. The highest BCUT2D eigenvalue weighted by Crippen LogP contribution is 2.17. The maximum absolute atomic E-state index is 12.5. The van der Waals surface area contributed by atoms with Crippen LogP contribution in [0.1, 0.15) is 6.92 Å². The molecule has 0 N–H and O–H groups in total. The van der Waals surface area contributed by atoms with Crippen molar-refractivity contribution in [3.8, 4) is 0 Å². The van der Waals surface area contributed by atoms with E-state index in [1.54, 1.807) is 13.0 Å². The Morgan fingerprint density at radius 2 is 2.22 bits per heavy atom. The van der Waals surface area contributed by atoms with Crippen molar-refractivity contribution >= 4 is 15.9 Å². The molecule has 0 aromatic carbocycles. The summed E-state index contributed by atoms with van der Waals surface area (Å²) in [6, 6.07) is 0. The molecule has 0 unspecified atom stereocenters. The quantitative estimate of drug-likeness (QED) is 0.587. The van der Waals surface area contributed by atoms with Gasteiger partial charge in [0, 0.05) is 4.48 Å². The van der Waals surface area contributed by atoms with Crippen LogP contribution in [-0.4, -0.2) is 0 Å². The zero-order valence-electron chi connectivity index (χ0n) is 5.20. The number of hydrogen-bond donors (Lipinski definition) is 0. The molecule has 50 valence electrons. The number of halogens is 2. The van der Waals surface area contributed by atoms with Crippen LogP contribution in [0.3, 0.4) is 0 Å². The van der Waals surface area contributed by atoms with Gasteiger partial charge in [0.1, 0.15) is 5.83 Å². The van der Waals surface area contributed by atoms with E-state index in [9.17, 15) is 4.39 Å². The Morgan fingerprint density at radius 3 is 2.56 bits per heavy atom. The van der Waals surface area contributed by atoms with Gasteiger partial charge in [0.25, 0.3) is 0 Å². The first kappa shape index (κ1) is 8.63. The van der Waals surface area contributed by atoms with E-state index in [1.807, 2.05) is 0 Å². The molecule has 0 bridgehead atoms. The fourth-order valence-corrected chi connectivity index (χ4v) is 0.453. The van der Waals surface area contributed by atoms with Crippen molar-refractivity contribution in [1.82, 2.24) is 0 Å². The zero-order valence-corrected chi connectivity index (χ0v) is 6.78. The maximum atomic E-state index is 12.5. The Morgan fingerprint density at radius 1 is 1.67 bits per heavy atom. The van der Waals surface area contributed by atoms with Crippen LogP contribution in [0.15, 0.2) is 35.1 Å². The highest BCUT2D eigenvalue weighted by molar-refractivity contribution is 9.11. The van der Waals surface area contributed by atoms with Gasteiger partial charge in [0.2, 0.25) is 0 Å². The maximum Gasteiger partial charge on any atom is 0.137 e. The third-order valence-electron chi connectivity index (χ3n) is 0.746. The van der Waals surface area contributed by atoms with Gasteiger partial charge in [0.15, 0.2) is 0 Å². The first-order valence-corrected chi connectivity index (χ1v) is 3.32. The molecule has 0 aliphatic carbocycles. The molecule has 0 aliphatic heterocycles. The number of rotatable bonds is 2. The molecule has 0 rings (SSSR count). The normalized spacial score (nSPS) is 13.7. The average Bonchev–Trinajstić information content (AvgIpc) is 1.87. The summed E-state index contributed by atoms with van der Waals surface area (Å²) in [5.41, 5.74) is 0. The number of hydrogen-bond acceptors (Lipinski definition) is 0. The van der Waals surface area contributed by atoms with Crippen molar-refractivity contribution in [2.24, 2.45) is 0 Å². The summed E-state index contributed by atoms with van der Waals surface area (Å²) in [6.07, 6.45) is 4.33. The molecule has 2 heteroatoms. The monoisotopic (exact) mass is 190 g/mol. The molecule has 0 fully saturated rings. The second-order valence-electron chi connectivity index (χ2n) is 1.39. The molecule has 0 nitrogen and oxygen atoms in total. The molecule has 0 atom stereocenters. The van der Waals surface area contributed by atoms with Crippen LogP contribution in [0.2, 0.25) is 0 Å². The van der Waals surface area contributed by atoms with E-state index in [0.29, 0.717) is 4.48 Å². The van der Waals surface area contributed by atoms with E-state index in [1.165, 1.54) is 12.2 Å². The first-order valence-electron chi connectivity index (χ1n) is 2.52. The summed E-state index contributed by atoms with van der Waals surface area (Å²) in [5, 5.41) is 0. The summed E-state index contributed by atoms with van der Waals surface area (Å²) < 4.78 is 12.9. The molecule has 0 amide bonds. The van der Waals surface area contributed by atoms with Crippen LogP contribution in [0.4, 0.5) is 4.39 Å². The van der Waals surface area contributed by atoms with E-state index >= 15 is 0 Å². The van der Waals surface area contributed by atoms with Gasteiger partial charge < -0.3 is 0 Å². The lowest BCUT2D eigenvalue weighted by Crippen LogP contribution is -1.68. The van der Waals surface area contributed by atoms with Crippen molar-refractivity contribution in [3.63, 3.8) is 0 Å². The Labute approximate surface area is 62.9 Å². The topological polar surface area (TPSA) is 0 Å². The largest absolute Gasteiger partial charge is 0.206 e. The fraction of sp³-hybridized carbons (Fsp3) is 0.143. The third kappa shape index (κ3) is 3.25. The van der Waals surface area contributed by atoms with Crippen LogP contribution in [-0.2, 0) is 0 Å². The minimum atomic E-state index is -0.299. The lowest BCUT2D eigenvalue weighted by molar-refractivity contribution is 0.664. The van der Waals surface area contributed by atoms with Gasteiger partial charge in [-0.15, -0.1) is 0 Å². The molecule has 0 saturated heterocycles. The van der Waals surface area contributed by atoms with Crippen molar-refractivity contribution in [1.29, 1.82) is 0 Å². The van der Waals surface area contributed by atoms with E-state index in [0.717, 1.165) is 0 Å². The Hall–Kier alpha value is -0.370. The standard InChI is InChI=1S/C7H8BrF/c1-3-5-7(9)6(8)4-2/h3-5H,1H2,2H3/b6-4+,7-5+. The second-order valence-corrected chi connectivity index (χ2v) is 2.24. The summed E-state index contributed by atoms with van der Waals surface area (Å²) >= 11 is 3.01. The molecule has 0 heterocycles. The van der Waals surface area contributed by atoms with Crippen LogP contribution < -0.4 is 0 Å². The third-order valence-corrected chi connectivity index (χ3v) is 1.58. The Kier molecular flexibility index (Phi) is 4.32. The minimum absolute atomic E-state index is 0.299. The lowest BCUT2D eigenvalue weighted by Gasteiger charge is -1.88. The highest BCUT2D eigenvalue weighted by atomic mass is 79.9. The molecule has 0 radical (unpaired) electrons. The molecule has 0 saturated carbocycles. The van der Waals surface area contributed by atoms with Gasteiger partial charge in [-0.3, -0.25) is 0 Å². The average molecular weight is 191 g/mol. The molecule has 0 aliphatic rings. The van der Waals surface area contributed by atoms with Crippen molar-refractivity contribution in [3.05, 3.63) is 35.1 Å². The molecular weight excluding hydrogens is 183 g/mol. The first-order chi connectivity index (χ1) is 4.22. The van der Waals surface area contributed by atoms with Crippen LogP contribution in [0, 0.1) is 0 Å². The summed E-state index contributed by atoms with van der Waals surface area (Å²) in [5.74, 6) is -0.299. The van der Waals surface area contributed by atoms with Gasteiger partial charge in [-0.2, -0.15) is 0 Å². The van der Waals surface area contributed by atoms with Gasteiger partial charge >= 0.3 is 0 Å². The Balaban J connectivity index is 4.19. The van der Waals surface area contributed by atoms with Crippen LogP contribution in [0.25, 0.3) is 0 Å². The van der Waals surface area contributed by atoms with Gasteiger partial charge in [0.05, 0.1) is 0 Å². The molecular formula is C7H8BrF. The van der Waals surface area contributed by atoms with Crippen molar-refractivity contribution in [2.75, 3.05) is 0 Å². The summed E-state index contributed by atoms with van der Waals surface area (Å²) in [7, 11) is 0. The Bertz CT molecular complexity index is 156. The van der Waals surface area contributed by atoms with Crippen molar-refractivity contribution < 1.29 is 4.39 Å². The van der Waals surface area contributed by atoms with E-state index in [-0.39, 0.29) is 5.83 Å². The molecule has 0 aromatic heterocycles. The molecule has 9 heavy (non-hydrogen) atoms. The second kappa shape index (κ2) is 4.50. The van der Waals surface area contributed by atoms with Gasteiger partial charge in [-0.05, 0) is 28.9 Å². The summed E-state index contributed by atoms with van der Waals surface area (Å²) in [4.78, 5) is 0. The van der Waals surface area contributed by atoms with Crippen LogP contribution >= 0.6 is 15.9 Å². The van der Waals surface area contributed by atoms with Gasteiger partial charge in [-0.25, -0.2) is 4.39 Å². The summed E-state index contributed by atoms with van der Waals surface area (Å²) in [6.45, 7) is 5.10. The minimum Gasteiger partial charge on any atom is -0.206 e. The SMILES string of the molecule is C=C/C=C(F)\C(Br)=C/C. The zero-order chi connectivity index (χ0) is 7.28. The highest BCUT2D eigenvalue weighted by Gasteiger charge is 1.93. The van der Waals surface area contributed by atoms with E-state index < -0.39 is 0 Å². The predicted octanol–water partition coefficient (Wildman–Crippen LogP) is 3.32. The van der Waals surface area contributed by atoms with Crippen molar-refractivity contribution in [2.45, 2.75) is 6.92 Å². The van der Waals surface area contributed by atoms with E-state index in [2.05, 4.69) is 22.5 Å². The lowest BCUT2D eigenvalue weighted by atomic mass is 10.4. The van der Waals surface area contributed by atoms with Gasteiger partial charge in [-0.1, -0.05) is 18.7 Å². The number of allylic oxidation sites excluding steroid dienone is 5. The van der Waals surface area contributed by atoms with Crippen LogP contribution in [0.5, 0.6) is 0 Å². The smallest absolute Gasteiger partial charge is 0.137 e. The molecule has 0 spiro atoms. The van der Waals surface area contributed by atoms with E-state index in [4.69, 9.17) is 0 Å². The molecule has 0 aromatic rings.